The molecule has 0 radical (unpaired) electrons. The quantitative estimate of drug-likeness (QED) is 0.0498. The second kappa shape index (κ2) is 44.3. The highest BCUT2D eigenvalue weighted by Crippen LogP contribution is 2.17. The third kappa shape index (κ3) is 41.7. The fourth-order valence-corrected chi connectivity index (χ4v) is 7.32. The summed E-state index contributed by atoms with van der Waals surface area (Å²) in [7, 11) is 0. The number of hydrogen-bond donors (Lipinski definition) is 1. The van der Waals surface area contributed by atoms with Gasteiger partial charge in [0.15, 0.2) is 6.10 Å². The lowest BCUT2D eigenvalue weighted by molar-refractivity contribution is -0.161. The van der Waals surface area contributed by atoms with Gasteiger partial charge in [0.05, 0.1) is 6.61 Å². The average Bonchev–Trinajstić information content (AvgIpc) is 3.15. The van der Waals surface area contributed by atoms with Crippen molar-refractivity contribution in [3.63, 3.8) is 0 Å². The smallest absolute Gasteiger partial charge is 0.306 e. The van der Waals surface area contributed by atoms with E-state index >= 15 is 0 Å². The van der Waals surface area contributed by atoms with Crippen molar-refractivity contribution in [3.8, 4) is 0 Å². The summed E-state index contributed by atoms with van der Waals surface area (Å²) in [5, 5.41) is 9.60. The average molecular weight is 737 g/mol. The lowest BCUT2D eigenvalue weighted by Gasteiger charge is -2.15. The molecule has 5 heteroatoms. The monoisotopic (exact) mass is 737 g/mol. The maximum absolute atomic E-state index is 12.2. The molecule has 0 aromatic heterocycles. The Kier molecular flexibility index (Phi) is 43.4. The van der Waals surface area contributed by atoms with Crippen molar-refractivity contribution < 1.29 is 24.2 Å². The first-order chi connectivity index (χ1) is 25.6. The number of rotatable bonds is 44. The molecule has 0 aliphatic carbocycles. The van der Waals surface area contributed by atoms with Gasteiger partial charge in [-0.05, 0) is 12.8 Å². The number of carbonyl (C=O) groups excluding carboxylic acids is 2. The van der Waals surface area contributed by atoms with Crippen LogP contribution in [-0.4, -0.2) is 36.4 Å². The van der Waals surface area contributed by atoms with Gasteiger partial charge in [-0.15, -0.1) is 0 Å². The van der Waals surface area contributed by atoms with Gasteiger partial charge in [0.2, 0.25) is 0 Å². The van der Waals surface area contributed by atoms with Gasteiger partial charge in [0.1, 0.15) is 6.61 Å². The number of aliphatic hydroxyl groups is 1. The minimum Gasteiger partial charge on any atom is -0.462 e. The minimum absolute atomic E-state index is 0.0562. The molecule has 0 saturated carbocycles. The summed E-state index contributed by atoms with van der Waals surface area (Å²) in [5.74, 6) is -0.569. The number of carbonyl (C=O) groups is 2. The summed E-state index contributed by atoms with van der Waals surface area (Å²) in [5.41, 5.74) is 0. The topological polar surface area (TPSA) is 72.8 Å². The Morgan fingerprint density at radius 1 is 0.365 bits per heavy atom. The van der Waals surface area contributed by atoms with Crippen LogP contribution in [0.3, 0.4) is 0 Å². The maximum Gasteiger partial charge on any atom is 0.306 e. The maximum atomic E-state index is 12.2. The Morgan fingerprint density at radius 2 is 0.596 bits per heavy atom. The molecule has 0 aliphatic rings. The number of ether oxygens (including phenoxy) is 2. The van der Waals surface area contributed by atoms with E-state index < -0.39 is 6.10 Å². The summed E-state index contributed by atoms with van der Waals surface area (Å²) < 4.78 is 10.7. The van der Waals surface area contributed by atoms with Crippen molar-refractivity contribution in [1.82, 2.24) is 0 Å². The van der Waals surface area contributed by atoms with E-state index in [9.17, 15) is 14.7 Å². The highest BCUT2D eigenvalue weighted by molar-refractivity contribution is 5.70. The van der Waals surface area contributed by atoms with Gasteiger partial charge in [-0.25, -0.2) is 0 Å². The van der Waals surface area contributed by atoms with Crippen molar-refractivity contribution in [3.05, 3.63) is 0 Å². The predicted molar refractivity (Wildman–Crippen MR) is 224 cm³/mol. The van der Waals surface area contributed by atoms with Crippen LogP contribution in [0.1, 0.15) is 271 Å². The molecule has 0 saturated heterocycles. The van der Waals surface area contributed by atoms with Crippen LogP contribution in [0, 0.1) is 0 Å². The molecule has 0 aliphatic heterocycles. The molecule has 0 amide bonds. The summed E-state index contributed by atoms with van der Waals surface area (Å²) in [4.78, 5) is 24.4. The highest BCUT2D eigenvalue weighted by atomic mass is 16.6. The number of esters is 2. The molecule has 0 unspecified atom stereocenters. The molecule has 52 heavy (non-hydrogen) atoms. The number of unbranched alkanes of at least 4 members (excludes halogenated alkanes) is 36. The van der Waals surface area contributed by atoms with E-state index in [-0.39, 0.29) is 25.2 Å². The zero-order valence-corrected chi connectivity index (χ0v) is 35.4. The molecule has 0 bridgehead atoms. The van der Waals surface area contributed by atoms with Crippen LogP contribution in [-0.2, 0) is 19.1 Å². The molecule has 5 nitrogen and oxygen atoms in total. The lowest BCUT2D eigenvalue weighted by atomic mass is 10.0. The fraction of sp³-hybridized carbons (Fsp3) is 0.957. The molecule has 0 fully saturated rings. The molecule has 0 rings (SSSR count). The van der Waals surface area contributed by atoms with Crippen LogP contribution in [0.15, 0.2) is 0 Å². The van der Waals surface area contributed by atoms with Crippen molar-refractivity contribution in [2.24, 2.45) is 0 Å². The summed E-state index contributed by atoms with van der Waals surface area (Å²) in [6.45, 7) is 4.19. The van der Waals surface area contributed by atoms with Crippen molar-refractivity contribution in [1.29, 1.82) is 0 Å². The molecule has 0 aromatic rings. The predicted octanol–water partition coefficient (Wildman–Crippen LogP) is 15.1. The Bertz CT molecular complexity index is 710. The van der Waals surface area contributed by atoms with Crippen LogP contribution in [0.25, 0.3) is 0 Å². The second-order valence-electron chi connectivity index (χ2n) is 16.2. The standard InChI is InChI=1S/C47H92O5/c1-3-5-7-9-11-13-15-17-19-21-22-23-24-26-27-29-31-33-35-37-39-41-46(49)51-44-45(43-48)52-47(50)42-40-38-36-34-32-30-28-25-20-18-16-14-12-10-8-6-4-2/h45,48H,3-44H2,1-2H3/t45-/m0/s1. The van der Waals surface area contributed by atoms with Crippen LogP contribution in [0.5, 0.6) is 0 Å². The molecular formula is C47H92O5. The minimum atomic E-state index is -0.762. The highest BCUT2D eigenvalue weighted by Gasteiger charge is 2.16. The van der Waals surface area contributed by atoms with Gasteiger partial charge >= 0.3 is 11.9 Å². The molecular weight excluding hydrogens is 645 g/mol. The normalized spacial score (nSPS) is 12.0. The zero-order valence-electron chi connectivity index (χ0n) is 35.4. The van der Waals surface area contributed by atoms with E-state index in [1.807, 2.05) is 0 Å². The first kappa shape index (κ1) is 50.9. The van der Waals surface area contributed by atoms with Gasteiger partial charge in [-0.3, -0.25) is 9.59 Å². The Labute approximate surface area is 325 Å². The molecule has 0 spiro atoms. The second-order valence-corrected chi connectivity index (χ2v) is 16.2. The van der Waals surface area contributed by atoms with Crippen LogP contribution >= 0.6 is 0 Å². The first-order valence-corrected chi connectivity index (χ1v) is 23.6. The van der Waals surface area contributed by atoms with E-state index in [0.29, 0.717) is 12.8 Å². The third-order valence-corrected chi connectivity index (χ3v) is 10.9. The van der Waals surface area contributed by atoms with Crippen LogP contribution in [0.4, 0.5) is 0 Å². The van der Waals surface area contributed by atoms with E-state index in [1.165, 1.54) is 212 Å². The molecule has 0 heterocycles. The van der Waals surface area contributed by atoms with Gasteiger partial charge in [0, 0.05) is 12.8 Å². The summed E-state index contributed by atoms with van der Waals surface area (Å²) in [6, 6.07) is 0. The van der Waals surface area contributed by atoms with Gasteiger partial charge in [0.25, 0.3) is 0 Å². The van der Waals surface area contributed by atoms with E-state index in [2.05, 4.69) is 13.8 Å². The lowest BCUT2D eigenvalue weighted by Crippen LogP contribution is -2.28. The number of hydrogen-bond acceptors (Lipinski definition) is 5. The first-order valence-electron chi connectivity index (χ1n) is 23.6. The Hall–Kier alpha value is -1.10. The van der Waals surface area contributed by atoms with E-state index in [0.717, 1.165) is 32.1 Å². The molecule has 1 N–H and O–H groups in total. The van der Waals surface area contributed by atoms with Crippen LogP contribution < -0.4 is 0 Å². The SMILES string of the molecule is CCCCCCCCCCCCCCCCCCCCCCCC(=O)OC[C@H](CO)OC(=O)CCCCCCCCCCCCCCCCCCC. The fourth-order valence-electron chi connectivity index (χ4n) is 7.32. The Morgan fingerprint density at radius 3 is 0.846 bits per heavy atom. The van der Waals surface area contributed by atoms with Gasteiger partial charge in [-0.2, -0.15) is 0 Å². The van der Waals surface area contributed by atoms with Gasteiger partial charge in [-0.1, -0.05) is 245 Å². The Balaban J connectivity index is 3.44. The number of aliphatic hydroxyl groups excluding tert-OH is 1. The summed E-state index contributed by atoms with van der Waals surface area (Å²) >= 11 is 0. The van der Waals surface area contributed by atoms with Crippen molar-refractivity contribution in [2.45, 2.75) is 277 Å². The van der Waals surface area contributed by atoms with Crippen molar-refractivity contribution >= 4 is 11.9 Å². The largest absolute Gasteiger partial charge is 0.462 e. The molecule has 310 valence electrons. The van der Waals surface area contributed by atoms with Gasteiger partial charge < -0.3 is 14.6 Å². The van der Waals surface area contributed by atoms with E-state index in [1.54, 1.807) is 0 Å². The molecule has 0 aromatic carbocycles. The zero-order chi connectivity index (χ0) is 37.8. The van der Waals surface area contributed by atoms with Crippen LogP contribution in [0.2, 0.25) is 0 Å². The van der Waals surface area contributed by atoms with Crippen molar-refractivity contribution in [2.75, 3.05) is 13.2 Å². The van der Waals surface area contributed by atoms with E-state index in [4.69, 9.17) is 9.47 Å². The summed E-state index contributed by atoms with van der Waals surface area (Å²) in [6.07, 6.45) is 50.4. The third-order valence-electron chi connectivity index (χ3n) is 10.9. The molecule has 1 atom stereocenters.